The Morgan fingerprint density at radius 2 is 1.82 bits per heavy atom. The molecule has 1 heterocycles. The van der Waals surface area contributed by atoms with Gasteiger partial charge in [0.05, 0.1) is 13.2 Å². The molecule has 17 heavy (non-hydrogen) atoms. The first-order valence-electron chi connectivity index (χ1n) is 6.38. The highest BCUT2D eigenvalue weighted by Crippen LogP contribution is 2.26. The Morgan fingerprint density at radius 3 is 2.29 bits per heavy atom. The quantitative estimate of drug-likeness (QED) is 0.863. The first-order valence-corrected chi connectivity index (χ1v) is 6.38. The van der Waals surface area contributed by atoms with Crippen LogP contribution in [0.5, 0.6) is 0 Å². The molecule has 2 nitrogen and oxygen atoms in total. The normalized spacial score (nSPS) is 19.8. The Labute approximate surface area is 104 Å². The average Bonchev–Trinajstić information content (AvgIpc) is 2.22. The average molecular weight is 233 g/mol. The van der Waals surface area contributed by atoms with E-state index in [-0.39, 0.29) is 0 Å². The molecule has 1 fully saturated rings. The van der Waals surface area contributed by atoms with Crippen molar-refractivity contribution in [1.29, 1.82) is 0 Å². The molecule has 1 unspecified atom stereocenters. The van der Waals surface area contributed by atoms with Crippen LogP contribution in [0.4, 0.5) is 0 Å². The lowest BCUT2D eigenvalue weighted by Crippen LogP contribution is -2.47. The Bertz CT molecular complexity index is 376. The van der Waals surface area contributed by atoms with Gasteiger partial charge < -0.3 is 10.1 Å². The van der Waals surface area contributed by atoms with Crippen molar-refractivity contribution in [3.8, 4) is 0 Å². The maximum absolute atomic E-state index is 5.27. The van der Waals surface area contributed by atoms with E-state index in [0.717, 1.165) is 19.8 Å². The molecule has 1 aliphatic heterocycles. The van der Waals surface area contributed by atoms with Gasteiger partial charge in [0.25, 0.3) is 0 Å². The fourth-order valence-corrected chi connectivity index (χ4v) is 2.33. The Kier molecular flexibility index (Phi) is 3.55. The minimum Gasteiger partial charge on any atom is -0.380 e. The number of aryl methyl sites for hydroxylation is 2. The number of hydrogen-bond donors (Lipinski definition) is 1. The summed E-state index contributed by atoms with van der Waals surface area (Å²) in [6.07, 6.45) is 0. The highest BCUT2D eigenvalue weighted by atomic mass is 16.5. The zero-order valence-electron chi connectivity index (χ0n) is 11.3. The van der Waals surface area contributed by atoms with Gasteiger partial charge in [0, 0.05) is 18.0 Å². The maximum atomic E-state index is 5.27. The summed E-state index contributed by atoms with van der Waals surface area (Å²) in [5.41, 5.74) is 4.40. The SMILES string of the molecule is Cc1cc(C)cc(C(C)NCC2(C)COC2)c1. The van der Waals surface area contributed by atoms with Crippen molar-refractivity contribution in [2.24, 2.45) is 5.41 Å². The summed E-state index contributed by atoms with van der Waals surface area (Å²) in [6.45, 7) is 11.6. The molecule has 94 valence electrons. The summed E-state index contributed by atoms with van der Waals surface area (Å²) in [7, 11) is 0. The third kappa shape index (κ3) is 3.08. The van der Waals surface area contributed by atoms with Gasteiger partial charge >= 0.3 is 0 Å². The molecule has 0 radical (unpaired) electrons. The number of nitrogens with one attached hydrogen (secondary N) is 1. The van der Waals surface area contributed by atoms with Crippen LogP contribution in [0.3, 0.4) is 0 Å². The fourth-order valence-electron chi connectivity index (χ4n) is 2.33. The number of hydrogen-bond acceptors (Lipinski definition) is 2. The highest BCUT2D eigenvalue weighted by molar-refractivity contribution is 5.30. The van der Waals surface area contributed by atoms with Gasteiger partial charge in [-0.25, -0.2) is 0 Å². The van der Waals surface area contributed by atoms with Crippen LogP contribution in [0.25, 0.3) is 0 Å². The van der Waals surface area contributed by atoms with Crippen molar-refractivity contribution in [3.05, 3.63) is 34.9 Å². The van der Waals surface area contributed by atoms with Gasteiger partial charge in [0.15, 0.2) is 0 Å². The third-order valence-corrected chi connectivity index (χ3v) is 3.48. The molecule has 1 aromatic rings. The first-order chi connectivity index (χ1) is 7.98. The lowest BCUT2D eigenvalue weighted by molar-refractivity contribution is -0.0999. The van der Waals surface area contributed by atoms with Crippen molar-refractivity contribution < 1.29 is 4.74 Å². The van der Waals surface area contributed by atoms with Crippen LogP contribution in [-0.4, -0.2) is 19.8 Å². The number of benzene rings is 1. The molecular formula is C15H23NO. The molecule has 0 amide bonds. The molecule has 1 aromatic carbocycles. The van der Waals surface area contributed by atoms with Gasteiger partial charge in [-0.3, -0.25) is 0 Å². The van der Waals surface area contributed by atoms with Crippen LogP contribution in [0.2, 0.25) is 0 Å². The summed E-state index contributed by atoms with van der Waals surface area (Å²) < 4.78 is 5.27. The van der Waals surface area contributed by atoms with E-state index in [2.05, 4.69) is 51.2 Å². The van der Waals surface area contributed by atoms with Gasteiger partial charge in [0.1, 0.15) is 0 Å². The van der Waals surface area contributed by atoms with E-state index in [1.165, 1.54) is 16.7 Å². The molecule has 2 rings (SSSR count). The summed E-state index contributed by atoms with van der Waals surface area (Å²) in [5.74, 6) is 0. The zero-order chi connectivity index (χ0) is 12.5. The smallest absolute Gasteiger partial charge is 0.0554 e. The topological polar surface area (TPSA) is 21.3 Å². The van der Waals surface area contributed by atoms with Crippen LogP contribution in [0, 0.1) is 19.3 Å². The fraction of sp³-hybridized carbons (Fsp3) is 0.600. The van der Waals surface area contributed by atoms with Gasteiger partial charge in [-0.05, 0) is 26.3 Å². The molecule has 0 aromatic heterocycles. The summed E-state index contributed by atoms with van der Waals surface area (Å²) in [6, 6.07) is 7.16. The summed E-state index contributed by atoms with van der Waals surface area (Å²) in [5, 5.41) is 3.62. The van der Waals surface area contributed by atoms with Crippen molar-refractivity contribution in [2.45, 2.75) is 33.7 Å². The number of ether oxygens (including phenoxy) is 1. The van der Waals surface area contributed by atoms with Crippen LogP contribution in [0.1, 0.15) is 36.6 Å². The first kappa shape index (κ1) is 12.6. The van der Waals surface area contributed by atoms with Gasteiger partial charge in [-0.2, -0.15) is 0 Å². The monoisotopic (exact) mass is 233 g/mol. The predicted molar refractivity (Wildman–Crippen MR) is 71.3 cm³/mol. The number of rotatable bonds is 4. The van der Waals surface area contributed by atoms with E-state index >= 15 is 0 Å². The van der Waals surface area contributed by atoms with E-state index in [1.54, 1.807) is 0 Å². The standard InChI is InChI=1S/C15H23NO/c1-11-5-12(2)7-14(6-11)13(3)16-8-15(4)9-17-10-15/h5-7,13,16H,8-10H2,1-4H3. The largest absolute Gasteiger partial charge is 0.380 e. The van der Waals surface area contributed by atoms with Gasteiger partial charge in [0.2, 0.25) is 0 Å². The van der Waals surface area contributed by atoms with Crippen LogP contribution >= 0.6 is 0 Å². The maximum Gasteiger partial charge on any atom is 0.0554 e. The molecule has 1 saturated heterocycles. The summed E-state index contributed by atoms with van der Waals surface area (Å²) >= 11 is 0. The lowest BCUT2D eigenvalue weighted by atomic mass is 9.88. The minimum absolute atomic E-state index is 0.340. The zero-order valence-corrected chi connectivity index (χ0v) is 11.3. The molecule has 0 saturated carbocycles. The van der Waals surface area contributed by atoms with Crippen LogP contribution in [-0.2, 0) is 4.74 Å². The van der Waals surface area contributed by atoms with Crippen LogP contribution < -0.4 is 5.32 Å². The molecule has 0 aliphatic carbocycles. The predicted octanol–water partition coefficient (Wildman–Crippen LogP) is 2.99. The molecule has 1 aliphatic rings. The van der Waals surface area contributed by atoms with Gasteiger partial charge in [-0.15, -0.1) is 0 Å². The van der Waals surface area contributed by atoms with E-state index in [1.807, 2.05) is 0 Å². The molecule has 0 spiro atoms. The van der Waals surface area contributed by atoms with Gasteiger partial charge in [-0.1, -0.05) is 36.2 Å². The Balaban J connectivity index is 1.96. The van der Waals surface area contributed by atoms with E-state index in [0.29, 0.717) is 11.5 Å². The van der Waals surface area contributed by atoms with E-state index in [9.17, 15) is 0 Å². The highest BCUT2D eigenvalue weighted by Gasteiger charge is 2.33. The molecule has 2 heteroatoms. The third-order valence-electron chi connectivity index (χ3n) is 3.48. The molecule has 0 bridgehead atoms. The summed E-state index contributed by atoms with van der Waals surface area (Å²) in [4.78, 5) is 0. The van der Waals surface area contributed by atoms with E-state index < -0.39 is 0 Å². The molecule has 1 N–H and O–H groups in total. The van der Waals surface area contributed by atoms with Crippen molar-refractivity contribution in [1.82, 2.24) is 5.32 Å². The van der Waals surface area contributed by atoms with Crippen LogP contribution in [0.15, 0.2) is 18.2 Å². The second kappa shape index (κ2) is 4.79. The van der Waals surface area contributed by atoms with E-state index in [4.69, 9.17) is 4.74 Å². The van der Waals surface area contributed by atoms with Crippen molar-refractivity contribution >= 4 is 0 Å². The minimum atomic E-state index is 0.340. The van der Waals surface area contributed by atoms with Crippen molar-refractivity contribution in [2.75, 3.05) is 19.8 Å². The second-order valence-electron chi connectivity index (χ2n) is 5.83. The Morgan fingerprint density at radius 1 is 1.24 bits per heavy atom. The Hall–Kier alpha value is -0.860. The molecular weight excluding hydrogens is 210 g/mol. The lowest BCUT2D eigenvalue weighted by Gasteiger charge is -2.39. The van der Waals surface area contributed by atoms with Crippen molar-refractivity contribution in [3.63, 3.8) is 0 Å². The molecule has 1 atom stereocenters. The second-order valence-corrected chi connectivity index (χ2v) is 5.83.